The number of aliphatic hydroxyl groups is 4. The first-order valence-electron chi connectivity index (χ1n) is 11.4. The number of hydrogen-bond acceptors (Lipinski definition) is 6. The summed E-state index contributed by atoms with van der Waals surface area (Å²) < 4.78 is 47.2. The number of aliphatic hydroxyl groups excluding tert-OH is 4. The molecule has 0 aromatic heterocycles. The van der Waals surface area contributed by atoms with Crippen LogP contribution < -0.4 is 4.74 Å². The van der Waals surface area contributed by atoms with Crippen LogP contribution in [0.3, 0.4) is 0 Å². The summed E-state index contributed by atoms with van der Waals surface area (Å²) >= 11 is 0. The second-order valence-electron chi connectivity index (χ2n) is 9.03. The maximum atomic E-state index is 12.5. The molecule has 1 aliphatic carbocycles. The Kier molecular flexibility index (Phi) is 7.21. The molecule has 4 N–H and O–H groups in total. The lowest BCUT2D eigenvalue weighted by Gasteiger charge is -2.41. The van der Waals surface area contributed by atoms with Crippen LogP contribution in [0, 0.1) is 6.92 Å². The maximum Gasteiger partial charge on any atom is 0.573 e. The van der Waals surface area contributed by atoms with E-state index in [-0.39, 0.29) is 5.75 Å². The Bertz CT molecular complexity index is 1010. The van der Waals surface area contributed by atoms with Crippen LogP contribution in [0.15, 0.2) is 30.3 Å². The fourth-order valence-electron chi connectivity index (χ4n) is 5.07. The van der Waals surface area contributed by atoms with Crippen LogP contribution in [0.25, 0.3) is 0 Å². The maximum absolute atomic E-state index is 12.5. The molecular formula is C25H29F3O6. The van der Waals surface area contributed by atoms with Gasteiger partial charge in [-0.1, -0.05) is 18.2 Å². The SMILES string of the molecule is Cc1c([C@@H]2O[C@H](CO)C(O)[C@H](O)[C@@H]2O)cc(Cc2ccc(OC(F)(F)F)cc2)c2c1CCCC2. The summed E-state index contributed by atoms with van der Waals surface area (Å²) in [6.07, 6.45) is -6.80. The van der Waals surface area contributed by atoms with E-state index in [1.54, 1.807) is 12.1 Å². The monoisotopic (exact) mass is 482 g/mol. The van der Waals surface area contributed by atoms with Crippen LogP contribution in [-0.4, -0.2) is 57.8 Å². The van der Waals surface area contributed by atoms with E-state index < -0.39 is 43.5 Å². The first-order chi connectivity index (χ1) is 16.1. The third-order valence-electron chi connectivity index (χ3n) is 6.82. The Hall–Kier alpha value is -2.17. The molecule has 1 unspecified atom stereocenters. The molecule has 1 heterocycles. The first kappa shape index (κ1) is 24.9. The molecule has 1 saturated heterocycles. The minimum atomic E-state index is -4.75. The Balaban J connectivity index is 1.69. The summed E-state index contributed by atoms with van der Waals surface area (Å²) in [6.45, 7) is 1.43. The molecule has 2 aromatic carbocycles. The molecule has 0 spiro atoms. The molecule has 0 saturated carbocycles. The Morgan fingerprint density at radius 2 is 1.62 bits per heavy atom. The average Bonchev–Trinajstić information content (AvgIpc) is 2.80. The van der Waals surface area contributed by atoms with Crippen molar-refractivity contribution in [2.75, 3.05) is 6.61 Å². The van der Waals surface area contributed by atoms with Crippen LogP contribution in [0.5, 0.6) is 5.75 Å². The van der Waals surface area contributed by atoms with Crippen molar-refractivity contribution >= 4 is 0 Å². The van der Waals surface area contributed by atoms with E-state index in [0.717, 1.165) is 47.9 Å². The van der Waals surface area contributed by atoms with Crippen molar-refractivity contribution in [3.63, 3.8) is 0 Å². The lowest BCUT2D eigenvalue weighted by atomic mass is 9.79. The third-order valence-corrected chi connectivity index (χ3v) is 6.82. The van der Waals surface area contributed by atoms with Crippen LogP contribution in [-0.2, 0) is 24.0 Å². The van der Waals surface area contributed by atoms with E-state index >= 15 is 0 Å². The Morgan fingerprint density at radius 1 is 0.971 bits per heavy atom. The number of halogens is 3. The van der Waals surface area contributed by atoms with Crippen LogP contribution >= 0.6 is 0 Å². The van der Waals surface area contributed by atoms with Crippen LogP contribution in [0.1, 0.15) is 52.3 Å². The van der Waals surface area contributed by atoms with Gasteiger partial charge in [-0.25, -0.2) is 0 Å². The van der Waals surface area contributed by atoms with Gasteiger partial charge in [0.05, 0.1) is 6.61 Å². The van der Waals surface area contributed by atoms with Gasteiger partial charge in [0.25, 0.3) is 0 Å². The summed E-state index contributed by atoms with van der Waals surface area (Å²) in [5, 5.41) is 40.7. The van der Waals surface area contributed by atoms with Gasteiger partial charge in [0.1, 0.15) is 36.3 Å². The third kappa shape index (κ3) is 5.08. The number of benzene rings is 2. The average molecular weight is 482 g/mol. The fourth-order valence-corrected chi connectivity index (χ4v) is 5.07. The van der Waals surface area contributed by atoms with Crippen LogP contribution in [0.2, 0.25) is 0 Å². The zero-order chi connectivity index (χ0) is 24.6. The van der Waals surface area contributed by atoms with Gasteiger partial charge in [0.2, 0.25) is 0 Å². The lowest BCUT2D eigenvalue weighted by Crippen LogP contribution is -2.55. The fraction of sp³-hybridized carbons (Fsp3) is 0.520. The summed E-state index contributed by atoms with van der Waals surface area (Å²) in [7, 11) is 0. The normalized spacial score (nSPS) is 27.4. The topological polar surface area (TPSA) is 99.4 Å². The van der Waals surface area contributed by atoms with Crippen molar-refractivity contribution in [1.29, 1.82) is 0 Å². The van der Waals surface area contributed by atoms with Gasteiger partial charge in [0, 0.05) is 0 Å². The van der Waals surface area contributed by atoms with Crippen molar-refractivity contribution in [3.8, 4) is 5.75 Å². The summed E-state index contributed by atoms with van der Waals surface area (Å²) in [5.74, 6) is -0.288. The first-order valence-corrected chi connectivity index (χ1v) is 11.4. The number of fused-ring (bicyclic) bond motifs is 1. The Morgan fingerprint density at radius 3 is 2.24 bits per heavy atom. The quantitative estimate of drug-likeness (QED) is 0.523. The van der Waals surface area contributed by atoms with Gasteiger partial charge in [0.15, 0.2) is 0 Å². The Labute approximate surface area is 195 Å². The standard InChI is InChI=1S/C25H29F3O6/c1-13-17-4-2-3-5-18(17)15(10-14-6-8-16(9-7-14)34-25(26,27)28)11-19(13)24-23(32)22(31)21(30)20(12-29)33-24/h6-9,11,20-24,29-32H,2-5,10,12H2,1H3/t20-,21?,22+,23+,24+/m1/s1. The van der Waals surface area contributed by atoms with Gasteiger partial charge >= 0.3 is 6.36 Å². The highest BCUT2D eigenvalue weighted by molar-refractivity contribution is 5.50. The second-order valence-corrected chi connectivity index (χ2v) is 9.03. The molecule has 4 rings (SSSR count). The van der Waals surface area contributed by atoms with E-state index in [1.807, 2.05) is 13.0 Å². The van der Waals surface area contributed by atoms with E-state index in [9.17, 15) is 33.6 Å². The van der Waals surface area contributed by atoms with Gasteiger partial charge < -0.3 is 29.9 Å². The molecule has 0 amide bonds. The smallest absolute Gasteiger partial charge is 0.406 e. The molecule has 34 heavy (non-hydrogen) atoms. The molecule has 5 atom stereocenters. The van der Waals surface area contributed by atoms with E-state index in [1.165, 1.54) is 17.7 Å². The highest BCUT2D eigenvalue weighted by Gasteiger charge is 2.44. The van der Waals surface area contributed by atoms with E-state index in [2.05, 4.69) is 4.74 Å². The molecular weight excluding hydrogens is 453 g/mol. The molecule has 2 aromatic rings. The van der Waals surface area contributed by atoms with E-state index in [4.69, 9.17) is 4.74 Å². The molecule has 1 fully saturated rings. The van der Waals surface area contributed by atoms with Crippen molar-refractivity contribution in [3.05, 3.63) is 63.7 Å². The largest absolute Gasteiger partial charge is 0.573 e. The zero-order valence-electron chi connectivity index (χ0n) is 18.8. The predicted octanol–water partition coefficient (Wildman–Crippen LogP) is 2.88. The predicted molar refractivity (Wildman–Crippen MR) is 116 cm³/mol. The number of alkyl halides is 3. The van der Waals surface area contributed by atoms with E-state index in [0.29, 0.717) is 12.0 Å². The van der Waals surface area contributed by atoms with Gasteiger partial charge in [-0.05, 0) is 84.5 Å². The van der Waals surface area contributed by atoms with Gasteiger partial charge in [-0.15, -0.1) is 13.2 Å². The second kappa shape index (κ2) is 9.83. The molecule has 2 aliphatic rings. The summed E-state index contributed by atoms with van der Waals surface area (Å²) in [5.41, 5.74) is 5.71. The molecule has 6 nitrogen and oxygen atoms in total. The lowest BCUT2D eigenvalue weighted by molar-refractivity contribution is -0.274. The van der Waals surface area contributed by atoms with Crippen molar-refractivity contribution < 1.29 is 43.1 Å². The number of hydrogen-bond donors (Lipinski definition) is 4. The minimum absolute atomic E-state index is 0.288. The van der Waals surface area contributed by atoms with Crippen molar-refractivity contribution in [2.45, 2.75) is 75.9 Å². The van der Waals surface area contributed by atoms with Gasteiger partial charge in [-0.2, -0.15) is 0 Å². The van der Waals surface area contributed by atoms with Crippen LogP contribution in [0.4, 0.5) is 13.2 Å². The zero-order valence-corrected chi connectivity index (χ0v) is 18.8. The van der Waals surface area contributed by atoms with Gasteiger partial charge in [-0.3, -0.25) is 0 Å². The summed E-state index contributed by atoms with van der Waals surface area (Å²) in [4.78, 5) is 0. The molecule has 0 bridgehead atoms. The molecule has 1 aliphatic heterocycles. The molecule has 186 valence electrons. The number of ether oxygens (including phenoxy) is 2. The molecule has 9 heteroatoms. The highest BCUT2D eigenvalue weighted by atomic mass is 19.4. The van der Waals surface area contributed by atoms with Crippen molar-refractivity contribution in [2.24, 2.45) is 0 Å². The number of rotatable bonds is 5. The summed E-state index contributed by atoms with van der Waals surface area (Å²) in [6, 6.07) is 7.64. The molecule has 0 radical (unpaired) electrons. The highest BCUT2D eigenvalue weighted by Crippen LogP contribution is 2.39. The van der Waals surface area contributed by atoms with Crippen molar-refractivity contribution in [1.82, 2.24) is 0 Å². The minimum Gasteiger partial charge on any atom is -0.406 e.